The molecule has 12 atom stereocenters. The first kappa shape index (κ1) is 26.4. The molecule has 5 nitrogen and oxygen atoms in total. The average Bonchev–Trinajstić information content (AvgIpc) is 3.30. The Morgan fingerprint density at radius 1 is 0.800 bits per heavy atom. The molecule has 202 valence electrons. The van der Waals surface area contributed by atoms with Crippen molar-refractivity contribution in [2.24, 2.45) is 45.3 Å². The highest BCUT2D eigenvalue weighted by molar-refractivity contribution is 5.22. The van der Waals surface area contributed by atoms with Crippen LogP contribution in [0, 0.1) is 45.3 Å². The quantitative estimate of drug-likeness (QED) is 0.449. The maximum absolute atomic E-state index is 11.9. The Morgan fingerprint density at radius 2 is 1.46 bits per heavy atom. The van der Waals surface area contributed by atoms with Gasteiger partial charge in [0.1, 0.15) is 0 Å². The van der Waals surface area contributed by atoms with Gasteiger partial charge in [-0.2, -0.15) is 0 Å². The van der Waals surface area contributed by atoms with Crippen LogP contribution in [-0.4, -0.2) is 56.0 Å². The smallest absolute Gasteiger partial charge is 0.0865 e. The second-order valence-corrected chi connectivity index (χ2v) is 15.6. The van der Waals surface area contributed by atoms with Crippen molar-refractivity contribution in [3.63, 3.8) is 0 Å². The molecular weight excluding hydrogens is 440 g/mol. The highest BCUT2D eigenvalue weighted by Crippen LogP contribution is 2.76. The largest absolute Gasteiger partial charge is 0.393 e. The van der Waals surface area contributed by atoms with E-state index in [4.69, 9.17) is 4.74 Å². The number of ether oxygens (including phenoxy) is 1. The monoisotopic (exact) mass is 492 g/mol. The summed E-state index contributed by atoms with van der Waals surface area (Å²) in [6.45, 7) is 17.3. The number of aliphatic hydroxyl groups excluding tert-OH is 3. The summed E-state index contributed by atoms with van der Waals surface area (Å²) in [7, 11) is 0. The van der Waals surface area contributed by atoms with Gasteiger partial charge >= 0.3 is 0 Å². The third kappa shape index (κ3) is 3.36. The second kappa shape index (κ2) is 7.68. The first-order chi connectivity index (χ1) is 15.9. The Balaban J connectivity index is 1.51. The lowest BCUT2D eigenvalue weighted by Gasteiger charge is -2.71. The van der Waals surface area contributed by atoms with E-state index in [0.717, 1.165) is 51.4 Å². The van der Waals surface area contributed by atoms with E-state index in [1.165, 1.54) is 0 Å². The number of fused-ring (bicyclic) bond motifs is 5. The second-order valence-electron chi connectivity index (χ2n) is 15.6. The average molecular weight is 493 g/mol. The van der Waals surface area contributed by atoms with Crippen LogP contribution in [0.3, 0.4) is 0 Å². The summed E-state index contributed by atoms with van der Waals surface area (Å²) in [5.74, 6) is 0.722. The zero-order valence-electron chi connectivity index (χ0n) is 23.5. The summed E-state index contributed by atoms with van der Waals surface area (Å²) < 4.78 is 6.64. The van der Waals surface area contributed by atoms with Crippen molar-refractivity contribution in [2.75, 3.05) is 0 Å². The highest BCUT2D eigenvalue weighted by Gasteiger charge is 2.73. The van der Waals surface area contributed by atoms with Crippen molar-refractivity contribution in [2.45, 2.75) is 142 Å². The van der Waals surface area contributed by atoms with Gasteiger partial charge in [0.05, 0.1) is 35.6 Å². The molecule has 4 aliphatic carbocycles. The van der Waals surface area contributed by atoms with Crippen molar-refractivity contribution in [3.05, 3.63) is 0 Å². The van der Waals surface area contributed by atoms with E-state index in [9.17, 15) is 20.4 Å². The molecule has 4 saturated carbocycles. The molecule has 1 aliphatic heterocycles. The molecule has 0 aromatic heterocycles. The van der Waals surface area contributed by atoms with Crippen molar-refractivity contribution in [3.8, 4) is 0 Å². The standard InChI is InChI=1S/C30H52O5/c1-25(2)21(33)10-12-27(5)20-15-18(31)23-17(30(8)14-11-22(35-30)26(3,4)34)9-13-28(23,6)29(20,7)16-19(32)24(25)27/h17-24,31-34H,9-16H2,1-8H3/t17-,18+,19-,20+,21-,22+,23-,24+,27+,28+,29+,30-/m0/s1. The molecule has 5 aliphatic rings. The fourth-order valence-electron chi connectivity index (χ4n) is 11.3. The number of rotatable bonds is 2. The minimum absolute atomic E-state index is 0.0320. The predicted molar refractivity (Wildman–Crippen MR) is 137 cm³/mol. The van der Waals surface area contributed by atoms with Gasteiger partial charge in [-0.3, -0.25) is 0 Å². The van der Waals surface area contributed by atoms with Gasteiger partial charge in [-0.15, -0.1) is 0 Å². The molecule has 0 bridgehead atoms. The van der Waals surface area contributed by atoms with Crippen LogP contribution in [0.5, 0.6) is 0 Å². The predicted octanol–water partition coefficient (Wildman–Crippen LogP) is 4.68. The fraction of sp³-hybridized carbons (Fsp3) is 1.00. The number of hydrogen-bond donors (Lipinski definition) is 4. The Bertz CT molecular complexity index is 850. The number of aliphatic hydroxyl groups is 4. The Hall–Kier alpha value is -0.200. The lowest BCUT2D eigenvalue weighted by atomic mass is 9.34. The van der Waals surface area contributed by atoms with Crippen LogP contribution in [0.4, 0.5) is 0 Å². The summed E-state index contributed by atoms with van der Waals surface area (Å²) in [4.78, 5) is 0. The van der Waals surface area contributed by atoms with Crippen molar-refractivity contribution in [1.82, 2.24) is 0 Å². The molecule has 0 spiro atoms. The SMILES string of the molecule is CC(C)(O)[C@H]1CC[C@@](C)([C@H]2CC[C@]3(C)[C@@H]2[C@H](O)C[C@@H]2[C@@]4(C)CC[C@H](O)C(C)(C)[C@H]4[C@@H](O)C[C@]23C)O1. The van der Waals surface area contributed by atoms with E-state index in [1.54, 1.807) is 0 Å². The first-order valence-corrected chi connectivity index (χ1v) is 14.4. The summed E-state index contributed by atoms with van der Waals surface area (Å²) in [5, 5.41) is 45.2. The molecule has 35 heavy (non-hydrogen) atoms. The zero-order valence-corrected chi connectivity index (χ0v) is 23.5. The molecule has 0 unspecified atom stereocenters. The van der Waals surface area contributed by atoms with Gasteiger partial charge in [0.2, 0.25) is 0 Å². The third-order valence-electron chi connectivity index (χ3n) is 13.1. The molecule has 0 aromatic carbocycles. The topological polar surface area (TPSA) is 90.2 Å². The summed E-state index contributed by atoms with van der Waals surface area (Å²) in [5.41, 5.74) is -1.83. The van der Waals surface area contributed by atoms with Crippen LogP contribution >= 0.6 is 0 Å². The molecule has 0 amide bonds. The maximum Gasteiger partial charge on any atom is 0.0865 e. The van der Waals surface area contributed by atoms with Gasteiger partial charge in [0.25, 0.3) is 0 Å². The van der Waals surface area contributed by atoms with Crippen LogP contribution in [0.25, 0.3) is 0 Å². The molecule has 5 fully saturated rings. The van der Waals surface area contributed by atoms with Crippen LogP contribution in [-0.2, 0) is 4.74 Å². The van der Waals surface area contributed by atoms with Crippen LogP contribution in [0.1, 0.15) is 107 Å². The molecule has 4 N–H and O–H groups in total. The lowest BCUT2D eigenvalue weighted by molar-refractivity contribution is -0.275. The summed E-state index contributed by atoms with van der Waals surface area (Å²) in [6, 6.07) is 0. The minimum atomic E-state index is -0.864. The van der Waals surface area contributed by atoms with E-state index < -0.39 is 23.9 Å². The summed E-state index contributed by atoms with van der Waals surface area (Å²) >= 11 is 0. The van der Waals surface area contributed by atoms with E-state index >= 15 is 0 Å². The molecular formula is C30H52O5. The zero-order chi connectivity index (χ0) is 26.0. The molecule has 1 heterocycles. The van der Waals surface area contributed by atoms with Gasteiger partial charge in [-0.05, 0) is 117 Å². The molecule has 5 heteroatoms. The normalized spacial score (nSPS) is 57.9. The molecule has 5 rings (SSSR count). The van der Waals surface area contributed by atoms with Crippen molar-refractivity contribution >= 4 is 0 Å². The van der Waals surface area contributed by atoms with Crippen molar-refractivity contribution in [1.29, 1.82) is 0 Å². The van der Waals surface area contributed by atoms with E-state index in [1.807, 2.05) is 13.8 Å². The van der Waals surface area contributed by atoms with Gasteiger partial charge in [-0.1, -0.05) is 34.6 Å². The first-order valence-electron chi connectivity index (χ1n) is 14.4. The van der Waals surface area contributed by atoms with Crippen LogP contribution in [0.2, 0.25) is 0 Å². The van der Waals surface area contributed by atoms with Gasteiger partial charge < -0.3 is 25.2 Å². The lowest BCUT2D eigenvalue weighted by Crippen LogP contribution is -2.69. The van der Waals surface area contributed by atoms with Crippen LogP contribution in [0.15, 0.2) is 0 Å². The molecule has 0 radical (unpaired) electrons. The minimum Gasteiger partial charge on any atom is -0.393 e. The van der Waals surface area contributed by atoms with E-state index in [0.29, 0.717) is 5.92 Å². The Morgan fingerprint density at radius 3 is 2.06 bits per heavy atom. The highest BCUT2D eigenvalue weighted by atomic mass is 16.5. The van der Waals surface area contributed by atoms with E-state index in [2.05, 4.69) is 41.5 Å². The Labute approximate surface area is 213 Å². The van der Waals surface area contributed by atoms with Crippen molar-refractivity contribution < 1.29 is 25.2 Å². The van der Waals surface area contributed by atoms with Crippen LogP contribution < -0.4 is 0 Å². The number of hydrogen-bond acceptors (Lipinski definition) is 5. The molecule has 1 saturated heterocycles. The van der Waals surface area contributed by atoms with Gasteiger partial charge in [0, 0.05) is 0 Å². The Kier molecular flexibility index (Phi) is 5.80. The van der Waals surface area contributed by atoms with Gasteiger partial charge in [0.15, 0.2) is 0 Å². The fourth-order valence-corrected chi connectivity index (χ4v) is 11.3. The van der Waals surface area contributed by atoms with Gasteiger partial charge in [-0.25, -0.2) is 0 Å². The molecule has 0 aromatic rings. The summed E-state index contributed by atoms with van der Waals surface area (Å²) in [6.07, 6.45) is 5.61. The maximum atomic E-state index is 11.9. The third-order valence-corrected chi connectivity index (χ3v) is 13.1. The van der Waals surface area contributed by atoms with E-state index in [-0.39, 0.29) is 51.1 Å².